The molecule has 0 saturated carbocycles. The van der Waals surface area contributed by atoms with Gasteiger partial charge in [-0.25, -0.2) is 4.39 Å². The lowest BCUT2D eigenvalue weighted by Crippen LogP contribution is -2.38. The van der Waals surface area contributed by atoms with Crippen LogP contribution < -0.4 is 0 Å². The van der Waals surface area contributed by atoms with Crippen LogP contribution in [-0.4, -0.2) is 43.5 Å². The van der Waals surface area contributed by atoms with Gasteiger partial charge in [0, 0.05) is 12.8 Å². The average Bonchev–Trinajstić information content (AvgIpc) is 2.71. The van der Waals surface area contributed by atoms with E-state index in [1.54, 1.807) is 13.8 Å². The predicted molar refractivity (Wildman–Crippen MR) is 56.1 cm³/mol. The molecule has 1 saturated heterocycles. The van der Waals surface area contributed by atoms with Gasteiger partial charge in [-0.05, 0) is 0 Å². The lowest BCUT2D eigenvalue weighted by molar-refractivity contribution is -0.165. The van der Waals surface area contributed by atoms with E-state index in [-0.39, 0.29) is 19.4 Å². The predicted octanol–water partition coefficient (Wildman–Crippen LogP) is 0.998. The van der Waals surface area contributed by atoms with E-state index in [2.05, 4.69) is 0 Å². The number of ether oxygens (including phenoxy) is 3. The summed E-state index contributed by atoms with van der Waals surface area (Å²) in [5, 5.41) is 0. The Morgan fingerprint density at radius 3 is 2.35 bits per heavy atom. The Balaban J connectivity index is 2.62. The normalized spacial score (nSPS) is 27.8. The van der Waals surface area contributed by atoms with E-state index >= 15 is 0 Å². The van der Waals surface area contributed by atoms with Crippen molar-refractivity contribution >= 4 is 11.9 Å². The van der Waals surface area contributed by atoms with Crippen LogP contribution in [0.15, 0.2) is 0 Å². The minimum Gasteiger partial charge on any atom is -0.456 e. The number of esters is 2. The smallest absolute Gasteiger partial charge is 0.306 e. The fraction of sp³-hybridized carbons (Fsp3) is 0.818. The molecule has 1 aliphatic rings. The fourth-order valence-corrected chi connectivity index (χ4v) is 1.52. The highest BCUT2D eigenvalue weighted by Crippen LogP contribution is 2.22. The molecule has 0 aromatic heterocycles. The molecule has 3 atom stereocenters. The van der Waals surface area contributed by atoms with Crippen molar-refractivity contribution in [1.82, 2.24) is 0 Å². The first-order chi connectivity index (χ1) is 8.12. The van der Waals surface area contributed by atoms with Gasteiger partial charge in [0.2, 0.25) is 0 Å². The van der Waals surface area contributed by atoms with Crippen LogP contribution in [0.25, 0.3) is 0 Å². The lowest BCUT2D eigenvalue weighted by atomic mass is 10.1. The highest BCUT2D eigenvalue weighted by atomic mass is 19.1. The van der Waals surface area contributed by atoms with Crippen LogP contribution in [0.2, 0.25) is 0 Å². The second-order valence-electron chi connectivity index (χ2n) is 3.72. The molecule has 0 bridgehead atoms. The van der Waals surface area contributed by atoms with Crippen LogP contribution in [0.3, 0.4) is 0 Å². The molecule has 0 aliphatic carbocycles. The van der Waals surface area contributed by atoms with Crippen molar-refractivity contribution in [3.63, 3.8) is 0 Å². The third kappa shape index (κ3) is 3.66. The van der Waals surface area contributed by atoms with Crippen molar-refractivity contribution in [2.45, 2.75) is 45.0 Å². The van der Waals surface area contributed by atoms with Crippen molar-refractivity contribution in [2.24, 2.45) is 0 Å². The first kappa shape index (κ1) is 13.9. The Bertz CT molecular complexity index is 281. The highest BCUT2D eigenvalue weighted by Gasteiger charge is 2.42. The molecule has 0 aromatic rings. The number of hydrogen-bond donors (Lipinski definition) is 0. The maximum atomic E-state index is 12.6. The molecule has 0 spiro atoms. The maximum absolute atomic E-state index is 12.6. The van der Waals surface area contributed by atoms with Gasteiger partial charge in [-0.3, -0.25) is 9.59 Å². The van der Waals surface area contributed by atoms with Crippen molar-refractivity contribution in [3.8, 4) is 0 Å². The highest BCUT2D eigenvalue weighted by molar-refractivity contribution is 5.70. The van der Waals surface area contributed by atoms with Gasteiger partial charge in [0.15, 0.2) is 12.2 Å². The van der Waals surface area contributed by atoms with Gasteiger partial charge in [0.1, 0.15) is 12.8 Å². The van der Waals surface area contributed by atoms with Crippen LogP contribution in [0, 0.1) is 0 Å². The summed E-state index contributed by atoms with van der Waals surface area (Å²) >= 11 is 0. The Morgan fingerprint density at radius 2 is 1.82 bits per heavy atom. The molecule has 0 radical (unpaired) electrons. The molecule has 1 aliphatic heterocycles. The van der Waals surface area contributed by atoms with Crippen LogP contribution in [0.1, 0.15) is 26.7 Å². The molecule has 98 valence electrons. The number of alkyl halides is 1. The van der Waals surface area contributed by atoms with Gasteiger partial charge in [-0.15, -0.1) is 0 Å². The first-order valence-corrected chi connectivity index (χ1v) is 5.68. The quantitative estimate of drug-likeness (QED) is 0.679. The average molecular weight is 248 g/mol. The van der Waals surface area contributed by atoms with Gasteiger partial charge in [-0.1, -0.05) is 13.8 Å². The van der Waals surface area contributed by atoms with Crippen LogP contribution in [0.4, 0.5) is 4.39 Å². The van der Waals surface area contributed by atoms with E-state index in [0.717, 1.165) is 0 Å². The number of halogens is 1. The van der Waals surface area contributed by atoms with E-state index in [1.807, 2.05) is 0 Å². The summed E-state index contributed by atoms with van der Waals surface area (Å²) in [5.41, 5.74) is 0. The molecule has 1 heterocycles. The van der Waals surface area contributed by atoms with Crippen LogP contribution in [0.5, 0.6) is 0 Å². The van der Waals surface area contributed by atoms with Crippen molar-refractivity contribution in [3.05, 3.63) is 0 Å². The van der Waals surface area contributed by atoms with E-state index in [1.165, 1.54) is 0 Å². The minimum absolute atomic E-state index is 0.0575. The van der Waals surface area contributed by atoms with Gasteiger partial charge in [-0.2, -0.15) is 0 Å². The van der Waals surface area contributed by atoms with Gasteiger partial charge in [0.05, 0.1) is 6.61 Å². The summed E-state index contributed by atoms with van der Waals surface area (Å²) in [6.07, 6.45) is -2.00. The van der Waals surface area contributed by atoms with E-state index < -0.39 is 36.9 Å². The Morgan fingerprint density at radius 1 is 1.24 bits per heavy atom. The number of carbonyl (C=O) groups excluding carboxylic acids is 2. The molecule has 3 unspecified atom stereocenters. The number of hydrogen-bond acceptors (Lipinski definition) is 5. The molecule has 0 N–H and O–H groups in total. The summed E-state index contributed by atoms with van der Waals surface area (Å²) < 4.78 is 27.8. The topological polar surface area (TPSA) is 61.8 Å². The Kier molecular flexibility index (Phi) is 5.34. The lowest BCUT2D eigenvalue weighted by Gasteiger charge is -2.21. The molecular formula is C11H17FO5. The zero-order chi connectivity index (χ0) is 12.8. The molecule has 17 heavy (non-hydrogen) atoms. The second-order valence-corrected chi connectivity index (χ2v) is 3.72. The summed E-state index contributed by atoms with van der Waals surface area (Å²) in [4.78, 5) is 22.3. The maximum Gasteiger partial charge on any atom is 0.306 e. The summed E-state index contributed by atoms with van der Waals surface area (Å²) in [6.45, 7) is 2.57. The fourth-order valence-electron chi connectivity index (χ4n) is 1.52. The molecule has 0 amide bonds. The molecule has 0 aromatic carbocycles. The zero-order valence-corrected chi connectivity index (χ0v) is 9.98. The zero-order valence-electron chi connectivity index (χ0n) is 9.98. The van der Waals surface area contributed by atoms with E-state index in [0.29, 0.717) is 0 Å². The van der Waals surface area contributed by atoms with Crippen molar-refractivity contribution < 1.29 is 28.2 Å². The third-order valence-electron chi connectivity index (χ3n) is 2.49. The molecule has 6 heteroatoms. The minimum atomic E-state index is -0.847. The second kappa shape index (κ2) is 6.54. The van der Waals surface area contributed by atoms with Crippen LogP contribution in [-0.2, 0) is 23.8 Å². The molecule has 1 fully saturated rings. The van der Waals surface area contributed by atoms with Gasteiger partial charge < -0.3 is 14.2 Å². The van der Waals surface area contributed by atoms with Gasteiger partial charge in [0.25, 0.3) is 0 Å². The molecule has 1 rings (SSSR count). The summed E-state index contributed by atoms with van der Waals surface area (Å²) in [6, 6.07) is 0. The number of carbonyl (C=O) groups is 2. The Labute approximate surface area is 99.2 Å². The largest absolute Gasteiger partial charge is 0.456 e. The van der Waals surface area contributed by atoms with Crippen molar-refractivity contribution in [2.75, 3.05) is 13.3 Å². The summed E-state index contributed by atoms with van der Waals surface area (Å²) in [5.74, 6) is -0.882. The standard InChI is InChI=1S/C11H17FO5/c1-3-9(13)16-8-6-15-7(5-12)11(8)17-10(14)4-2/h7-8,11H,3-6H2,1-2H3. The first-order valence-electron chi connectivity index (χ1n) is 5.68. The Hall–Kier alpha value is -1.17. The van der Waals surface area contributed by atoms with Gasteiger partial charge >= 0.3 is 11.9 Å². The number of rotatable bonds is 5. The monoisotopic (exact) mass is 248 g/mol. The third-order valence-corrected chi connectivity index (χ3v) is 2.49. The SMILES string of the molecule is CCC(=O)OC1COC(CF)C1OC(=O)CC. The van der Waals surface area contributed by atoms with E-state index in [4.69, 9.17) is 14.2 Å². The molecule has 5 nitrogen and oxygen atoms in total. The summed E-state index contributed by atoms with van der Waals surface area (Å²) in [7, 11) is 0. The van der Waals surface area contributed by atoms with E-state index in [9.17, 15) is 14.0 Å². The van der Waals surface area contributed by atoms with Crippen LogP contribution >= 0.6 is 0 Å². The molecular weight excluding hydrogens is 231 g/mol. The van der Waals surface area contributed by atoms with Crippen molar-refractivity contribution in [1.29, 1.82) is 0 Å².